The predicted molar refractivity (Wildman–Crippen MR) is 93.2 cm³/mol. The Balaban J connectivity index is 1.85. The van der Waals surface area contributed by atoms with Crippen molar-refractivity contribution >= 4 is 10.9 Å². The third-order valence-corrected chi connectivity index (χ3v) is 6.08. The average Bonchev–Trinajstić information content (AvgIpc) is 2.83. The standard InChI is InChI=1S/C20H28N2/c1-3-8-15-9-6-13-20(2)19-17(11-7-14-22(15)20)16-10-4-5-12-18(16)21-19/h4-5,10,12,15,21H,3,6-9,11,13-14H2,1-2H3/t15-,20-/m1/s1. The van der Waals surface area contributed by atoms with Gasteiger partial charge in [-0.1, -0.05) is 31.5 Å². The Kier molecular flexibility index (Phi) is 3.53. The van der Waals surface area contributed by atoms with Gasteiger partial charge in [-0.3, -0.25) is 4.90 Å². The highest BCUT2D eigenvalue weighted by Crippen LogP contribution is 2.45. The van der Waals surface area contributed by atoms with Crippen LogP contribution < -0.4 is 0 Å². The molecule has 0 bridgehead atoms. The predicted octanol–water partition coefficient (Wildman–Crippen LogP) is 4.98. The van der Waals surface area contributed by atoms with E-state index in [4.69, 9.17) is 0 Å². The van der Waals surface area contributed by atoms with E-state index in [1.807, 2.05) is 0 Å². The van der Waals surface area contributed by atoms with E-state index < -0.39 is 0 Å². The van der Waals surface area contributed by atoms with Crippen molar-refractivity contribution in [3.05, 3.63) is 35.5 Å². The van der Waals surface area contributed by atoms with Crippen molar-refractivity contribution < 1.29 is 0 Å². The number of nitrogens with zero attached hydrogens (tertiary/aromatic N) is 1. The highest BCUT2D eigenvalue weighted by atomic mass is 15.2. The van der Waals surface area contributed by atoms with Crippen LogP contribution in [0.3, 0.4) is 0 Å². The molecule has 2 aromatic rings. The first-order valence-corrected chi connectivity index (χ1v) is 9.11. The van der Waals surface area contributed by atoms with E-state index in [0.29, 0.717) is 0 Å². The Labute approximate surface area is 133 Å². The van der Waals surface area contributed by atoms with Gasteiger partial charge in [-0.15, -0.1) is 0 Å². The molecular formula is C20H28N2. The molecule has 22 heavy (non-hydrogen) atoms. The van der Waals surface area contributed by atoms with E-state index in [2.05, 4.69) is 48.0 Å². The molecule has 1 aromatic carbocycles. The molecule has 1 saturated heterocycles. The molecule has 0 aliphatic carbocycles. The van der Waals surface area contributed by atoms with Gasteiger partial charge in [-0.05, 0) is 63.6 Å². The monoisotopic (exact) mass is 296 g/mol. The van der Waals surface area contributed by atoms with Crippen LogP contribution in [-0.4, -0.2) is 22.5 Å². The van der Waals surface area contributed by atoms with Crippen LogP contribution in [0.5, 0.6) is 0 Å². The maximum atomic E-state index is 3.82. The van der Waals surface area contributed by atoms with E-state index in [1.165, 1.54) is 68.1 Å². The number of hydrogen-bond acceptors (Lipinski definition) is 1. The van der Waals surface area contributed by atoms with Crippen molar-refractivity contribution in [1.82, 2.24) is 9.88 Å². The van der Waals surface area contributed by atoms with Gasteiger partial charge in [-0.25, -0.2) is 0 Å². The van der Waals surface area contributed by atoms with Crippen LogP contribution in [-0.2, 0) is 12.0 Å². The second-order valence-electron chi connectivity index (χ2n) is 7.43. The second-order valence-corrected chi connectivity index (χ2v) is 7.43. The molecule has 2 aliphatic rings. The summed E-state index contributed by atoms with van der Waals surface area (Å²) in [5, 5.41) is 1.46. The molecule has 2 atom stereocenters. The number of para-hydroxylation sites is 1. The maximum absolute atomic E-state index is 3.82. The molecular weight excluding hydrogens is 268 g/mol. The van der Waals surface area contributed by atoms with E-state index in [9.17, 15) is 0 Å². The zero-order valence-corrected chi connectivity index (χ0v) is 14.0. The lowest BCUT2D eigenvalue weighted by atomic mass is 9.80. The number of H-pyrrole nitrogens is 1. The van der Waals surface area contributed by atoms with Crippen molar-refractivity contribution in [1.29, 1.82) is 0 Å². The number of fused-ring (bicyclic) bond motifs is 5. The third-order valence-electron chi connectivity index (χ3n) is 6.08. The highest BCUT2D eigenvalue weighted by Gasteiger charge is 2.44. The molecule has 1 N–H and O–H groups in total. The summed E-state index contributed by atoms with van der Waals surface area (Å²) in [5.41, 5.74) is 4.65. The summed E-state index contributed by atoms with van der Waals surface area (Å²) in [6, 6.07) is 9.66. The maximum Gasteiger partial charge on any atom is 0.0588 e. The van der Waals surface area contributed by atoms with Gasteiger partial charge in [0.05, 0.1) is 5.54 Å². The van der Waals surface area contributed by atoms with Crippen molar-refractivity contribution in [2.75, 3.05) is 6.54 Å². The van der Waals surface area contributed by atoms with Crippen molar-refractivity contribution in [2.45, 2.75) is 70.4 Å². The number of aryl methyl sites for hydroxylation is 1. The molecule has 4 rings (SSSR count). The Morgan fingerprint density at radius 1 is 1.27 bits per heavy atom. The van der Waals surface area contributed by atoms with E-state index in [1.54, 1.807) is 5.56 Å². The van der Waals surface area contributed by atoms with Crippen molar-refractivity contribution in [3.8, 4) is 0 Å². The van der Waals surface area contributed by atoms with E-state index in [-0.39, 0.29) is 5.54 Å². The van der Waals surface area contributed by atoms with Gasteiger partial charge in [0.15, 0.2) is 0 Å². The molecule has 0 radical (unpaired) electrons. The second kappa shape index (κ2) is 5.42. The van der Waals surface area contributed by atoms with Gasteiger partial charge in [-0.2, -0.15) is 0 Å². The number of hydrogen-bond donors (Lipinski definition) is 1. The molecule has 2 heteroatoms. The molecule has 0 saturated carbocycles. The van der Waals surface area contributed by atoms with Crippen LogP contribution in [0.1, 0.15) is 63.6 Å². The highest BCUT2D eigenvalue weighted by molar-refractivity contribution is 5.85. The third kappa shape index (κ3) is 2.04. The minimum Gasteiger partial charge on any atom is -0.357 e. The van der Waals surface area contributed by atoms with Crippen molar-refractivity contribution in [2.24, 2.45) is 0 Å². The average molecular weight is 296 g/mol. The van der Waals surface area contributed by atoms with Gasteiger partial charge < -0.3 is 4.98 Å². The minimum atomic E-state index is 0.211. The molecule has 2 nitrogen and oxygen atoms in total. The number of aromatic nitrogens is 1. The first kappa shape index (κ1) is 14.3. The van der Waals surface area contributed by atoms with Crippen LogP contribution >= 0.6 is 0 Å². The summed E-state index contributed by atoms with van der Waals surface area (Å²) >= 11 is 0. The first-order valence-electron chi connectivity index (χ1n) is 9.11. The summed E-state index contributed by atoms with van der Waals surface area (Å²) in [7, 11) is 0. The van der Waals surface area contributed by atoms with Crippen LogP contribution in [0, 0.1) is 0 Å². The van der Waals surface area contributed by atoms with E-state index >= 15 is 0 Å². The Morgan fingerprint density at radius 2 is 2.14 bits per heavy atom. The summed E-state index contributed by atoms with van der Waals surface area (Å²) in [5.74, 6) is 0. The normalized spacial score (nSPS) is 29.1. The number of rotatable bonds is 2. The number of nitrogens with one attached hydrogen (secondary N) is 1. The van der Waals surface area contributed by atoms with Crippen molar-refractivity contribution in [3.63, 3.8) is 0 Å². The quantitative estimate of drug-likeness (QED) is 0.827. The molecule has 0 amide bonds. The molecule has 3 heterocycles. The smallest absolute Gasteiger partial charge is 0.0588 e. The first-order chi connectivity index (χ1) is 10.7. The van der Waals surface area contributed by atoms with Gasteiger partial charge >= 0.3 is 0 Å². The molecule has 2 aliphatic heterocycles. The zero-order chi connectivity index (χ0) is 15.2. The summed E-state index contributed by atoms with van der Waals surface area (Å²) < 4.78 is 0. The molecule has 1 aromatic heterocycles. The van der Waals surface area contributed by atoms with E-state index in [0.717, 1.165) is 6.04 Å². The summed E-state index contributed by atoms with van der Waals surface area (Å²) in [6.45, 7) is 6.09. The SMILES string of the molecule is CCC[C@@H]1CCC[C@]2(C)c3[nH]c4ccccc4c3CCCN12. The fourth-order valence-electron chi connectivity index (χ4n) is 5.06. The van der Waals surface area contributed by atoms with Crippen LogP contribution in [0.15, 0.2) is 24.3 Å². The Hall–Kier alpha value is -1.28. The summed E-state index contributed by atoms with van der Waals surface area (Å²) in [6.07, 6.45) is 9.23. The molecule has 0 spiro atoms. The van der Waals surface area contributed by atoms with Gasteiger partial charge in [0.2, 0.25) is 0 Å². The molecule has 1 fully saturated rings. The number of aromatic amines is 1. The lowest BCUT2D eigenvalue weighted by molar-refractivity contribution is 0.00409. The molecule has 0 unspecified atom stereocenters. The Bertz CT molecular complexity index is 669. The van der Waals surface area contributed by atoms with Gasteiger partial charge in [0.25, 0.3) is 0 Å². The lowest BCUT2D eigenvalue weighted by Gasteiger charge is -2.49. The minimum absolute atomic E-state index is 0.211. The lowest BCUT2D eigenvalue weighted by Crippen LogP contribution is -2.52. The Morgan fingerprint density at radius 3 is 3.00 bits per heavy atom. The van der Waals surface area contributed by atoms with Crippen LogP contribution in [0.4, 0.5) is 0 Å². The fraction of sp³-hybridized carbons (Fsp3) is 0.600. The van der Waals surface area contributed by atoms with Crippen LogP contribution in [0.2, 0.25) is 0 Å². The van der Waals surface area contributed by atoms with Crippen LogP contribution in [0.25, 0.3) is 10.9 Å². The fourth-order valence-corrected chi connectivity index (χ4v) is 5.06. The van der Waals surface area contributed by atoms with Gasteiger partial charge in [0.1, 0.15) is 0 Å². The molecule has 118 valence electrons. The largest absolute Gasteiger partial charge is 0.357 e. The summed E-state index contributed by atoms with van der Waals surface area (Å²) in [4.78, 5) is 6.67. The number of benzene rings is 1. The van der Waals surface area contributed by atoms with Gasteiger partial charge in [0, 0.05) is 22.6 Å². The zero-order valence-electron chi connectivity index (χ0n) is 14.0. The number of piperidine rings is 1. The topological polar surface area (TPSA) is 19.0 Å².